The molecule has 1 aliphatic carbocycles. The molecule has 2 aromatic heterocycles. The Labute approximate surface area is 151 Å². The van der Waals surface area contributed by atoms with Gasteiger partial charge in [-0.05, 0) is 44.6 Å². The molecule has 8 heteroatoms. The quantitative estimate of drug-likeness (QED) is 0.649. The van der Waals surface area contributed by atoms with Crippen molar-refractivity contribution in [1.29, 1.82) is 0 Å². The Hall–Kier alpha value is -1.96. The van der Waals surface area contributed by atoms with Crippen molar-refractivity contribution in [3.05, 3.63) is 18.1 Å². The number of rotatable bonds is 5. The Morgan fingerprint density at radius 1 is 1.40 bits per heavy atom. The van der Waals surface area contributed by atoms with Crippen LogP contribution in [0.15, 0.2) is 21.9 Å². The molecule has 0 aromatic carbocycles. The molecule has 1 aliphatic rings. The van der Waals surface area contributed by atoms with Crippen LogP contribution in [-0.4, -0.2) is 44.5 Å². The van der Waals surface area contributed by atoms with Crippen molar-refractivity contribution in [3.63, 3.8) is 0 Å². The van der Waals surface area contributed by atoms with Gasteiger partial charge >= 0.3 is 0 Å². The van der Waals surface area contributed by atoms with E-state index in [1.807, 2.05) is 18.9 Å². The van der Waals surface area contributed by atoms with Gasteiger partial charge in [-0.15, -0.1) is 10.2 Å². The number of hydrogen-bond donors (Lipinski definition) is 1. The number of carbonyl (C=O) groups excluding carboxylic acids is 1. The Morgan fingerprint density at radius 3 is 2.76 bits per heavy atom. The van der Waals surface area contributed by atoms with Gasteiger partial charge in [-0.25, -0.2) is 4.68 Å². The van der Waals surface area contributed by atoms with Gasteiger partial charge in [0, 0.05) is 13.1 Å². The number of aryl methyl sites for hydroxylation is 1. The molecule has 1 saturated carbocycles. The van der Waals surface area contributed by atoms with Gasteiger partial charge in [0.05, 0.1) is 17.6 Å². The summed E-state index contributed by atoms with van der Waals surface area (Å²) < 4.78 is 6.70. The van der Waals surface area contributed by atoms with Crippen LogP contribution >= 0.6 is 11.8 Å². The second-order valence-electron chi connectivity index (χ2n) is 6.77. The first-order chi connectivity index (χ1) is 12.0. The van der Waals surface area contributed by atoms with E-state index in [1.54, 1.807) is 12.3 Å². The van der Waals surface area contributed by atoms with Gasteiger partial charge in [0.1, 0.15) is 5.76 Å². The minimum absolute atomic E-state index is 0.105. The largest absolute Gasteiger partial charge is 0.469 e. The van der Waals surface area contributed by atoms with Crippen LogP contribution in [0, 0.1) is 12.8 Å². The highest BCUT2D eigenvalue weighted by Gasteiger charge is 2.25. The summed E-state index contributed by atoms with van der Waals surface area (Å²) in [6, 6.07) is 2.16. The number of carbonyl (C=O) groups is 1. The molecule has 0 spiro atoms. The zero-order chi connectivity index (χ0) is 18.0. The summed E-state index contributed by atoms with van der Waals surface area (Å²) in [5.41, 5.74) is 0.807. The summed E-state index contributed by atoms with van der Waals surface area (Å²) in [4.78, 5) is 14.4. The highest BCUT2D eigenvalue weighted by Crippen LogP contribution is 2.28. The lowest BCUT2D eigenvalue weighted by Crippen LogP contribution is -2.40. The van der Waals surface area contributed by atoms with E-state index in [9.17, 15) is 4.79 Å². The molecule has 2 aromatic rings. The fraction of sp³-hybridized carbons (Fsp3) is 0.588. The monoisotopic (exact) mass is 363 g/mol. The third kappa shape index (κ3) is 3.84. The molecule has 7 nitrogen and oxygen atoms in total. The van der Waals surface area contributed by atoms with Gasteiger partial charge < -0.3 is 15.2 Å². The number of aromatic nitrogens is 3. The summed E-state index contributed by atoms with van der Waals surface area (Å²) >= 11 is 1.31. The van der Waals surface area contributed by atoms with E-state index in [-0.39, 0.29) is 5.91 Å². The molecule has 2 heterocycles. The van der Waals surface area contributed by atoms with Crippen molar-refractivity contribution in [1.82, 2.24) is 19.8 Å². The Balaban J connectivity index is 1.59. The molecule has 0 radical (unpaired) electrons. The third-order valence-electron chi connectivity index (χ3n) is 5.02. The van der Waals surface area contributed by atoms with Gasteiger partial charge in [-0.3, -0.25) is 4.79 Å². The van der Waals surface area contributed by atoms with Crippen molar-refractivity contribution in [2.24, 2.45) is 5.92 Å². The maximum absolute atomic E-state index is 12.5. The predicted molar refractivity (Wildman–Crippen MR) is 97.5 cm³/mol. The predicted octanol–water partition coefficient (Wildman–Crippen LogP) is 2.69. The second-order valence-corrected chi connectivity index (χ2v) is 7.72. The van der Waals surface area contributed by atoms with E-state index in [1.165, 1.54) is 29.3 Å². The molecule has 0 saturated heterocycles. The Kier molecular flexibility index (Phi) is 5.36. The molecule has 25 heavy (non-hydrogen) atoms. The summed E-state index contributed by atoms with van der Waals surface area (Å²) in [7, 11) is 1.90. The van der Waals surface area contributed by atoms with Crippen LogP contribution in [0.5, 0.6) is 0 Å². The minimum Gasteiger partial charge on any atom is -0.469 e. The fourth-order valence-electron chi connectivity index (χ4n) is 3.24. The lowest BCUT2D eigenvalue weighted by atomic mass is 9.87. The van der Waals surface area contributed by atoms with Crippen LogP contribution in [0.25, 0.3) is 11.4 Å². The van der Waals surface area contributed by atoms with Crippen LogP contribution in [0.1, 0.15) is 38.4 Å². The average Bonchev–Trinajstić information content (AvgIpc) is 3.18. The summed E-state index contributed by atoms with van der Waals surface area (Å²) in [5.74, 6) is 8.55. The molecule has 0 atom stereocenters. The van der Waals surface area contributed by atoms with Gasteiger partial charge in [0.15, 0.2) is 5.82 Å². The number of amides is 1. The molecule has 1 fully saturated rings. The number of nitrogens with zero attached hydrogens (tertiary/aromatic N) is 4. The van der Waals surface area contributed by atoms with E-state index >= 15 is 0 Å². The van der Waals surface area contributed by atoms with Crippen LogP contribution in [-0.2, 0) is 4.79 Å². The van der Waals surface area contributed by atoms with Gasteiger partial charge in [0.2, 0.25) is 11.1 Å². The number of nitrogens with two attached hydrogens (primary N) is 1. The topological polar surface area (TPSA) is 90.2 Å². The summed E-state index contributed by atoms with van der Waals surface area (Å²) in [6.45, 7) is 4.13. The Morgan fingerprint density at radius 2 is 2.12 bits per heavy atom. The van der Waals surface area contributed by atoms with E-state index in [2.05, 4.69) is 17.1 Å². The Bertz CT molecular complexity index is 733. The smallest absolute Gasteiger partial charge is 0.233 e. The summed E-state index contributed by atoms with van der Waals surface area (Å²) in [6.07, 6.45) is 6.16. The van der Waals surface area contributed by atoms with Crippen LogP contribution < -0.4 is 5.84 Å². The molecular formula is C17H25N5O2S. The van der Waals surface area contributed by atoms with Crippen LogP contribution in [0.4, 0.5) is 0 Å². The molecule has 0 bridgehead atoms. The van der Waals surface area contributed by atoms with Gasteiger partial charge in [-0.1, -0.05) is 18.7 Å². The minimum atomic E-state index is 0.105. The van der Waals surface area contributed by atoms with Gasteiger partial charge in [-0.2, -0.15) is 0 Å². The highest BCUT2D eigenvalue weighted by atomic mass is 32.2. The molecule has 0 unspecified atom stereocenters. The maximum atomic E-state index is 12.5. The van der Waals surface area contributed by atoms with Crippen molar-refractivity contribution in [3.8, 4) is 11.4 Å². The zero-order valence-electron chi connectivity index (χ0n) is 14.9. The lowest BCUT2D eigenvalue weighted by Gasteiger charge is -2.33. The average molecular weight is 363 g/mol. The zero-order valence-corrected chi connectivity index (χ0v) is 15.8. The number of hydrogen-bond acceptors (Lipinski definition) is 6. The van der Waals surface area contributed by atoms with E-state index in [0.29, 0.717) is 22.8 Å². The maximum Gasteiger partial charge on any atom is 0.233 e. The normalized spacial score (nSPS) is 20.6. The molecular weight excluding hydrogens is 338 g/mol. The first-order valence-corrected chi connectivity index (χ1v) is 9.59. The van der Waals surface area contributed by atoms with Crippen LogP contribution in [0.3, 0.4) is 0 Å². The van der Waals surface area contributed by atoms with Crippen LogP contribution in [0.2, 0.25) is 0 Å². The van der Waals surface area contributed by atoms with E-state index < -0.39 is 0 Å². The first kappa shape index (κ1) is 17.8. The van der Waals surface area contributed by atoms with Gasteiger partial charge in [0.25, 0.3) is 0 Å². The third-order valence-corrected chi connectivity index (χ3v) is 5.94. The van der Waals surface area contributed by atoms with Crippen molar-refractivity contribution in [2.75, 3.05) is 18.6 Å². The molecule has 0 aliphatic heterocycles. The molecule has 2 N–H and O–H groups in total. The number of thioether (sulfide) groups is 1. The lowest BCUT2D eigenvalue weighted by molar-refractivity contribution is -0.129. The summed E-state index contributed by atoms with van der Waals surface area (Å²) in [5, 5.41) is 8.75. The van der Waals surface area contributed by atoms with E-state index in [0.717, 1.165) is 30.1 Å². The van der Waals surface area contributed by atoms with Crippen molar-refractivity contribution >= 4 is 17.7 Å². The van der Waals surface area contributed by atoms with E-state index in [4.69, 9.17) is 10.3 Å². The number of furan rings is 1. The van der Waals surface area contributed by atoms with Crippen molar-refractivity contribution in [2.45, 2.75) is 50.7 Å². The SMILES string of the molecule is Cc1occc1-c1nnc(SCC(=O)N(C)C2CCC(C)CC2)n1N. The fourth-order valence-corrected chi connectivity index (χ4v) is 4.02. The van der Waals surface area contributed by atoms with Crippen molar-refractivity contribution < 1.29 is 9.21 Å². The highest BCUT2D eigenvalue weighted by molar-refractivity contribution is 7.99. The molecule has 136 valence electrons. The standard InChI is InChI=1S/C17H25N5O2S/c1-11-4-6-13(7-5-11)21(3)15(23)10-25-17-20-19-16(22(17)18)14-8-9-24-12(14)2/h8-9,11,13H,4-7,10,18H2,1-3H3. The first-order valence-electron chi connectivity index (χ1n) is 8.60. The number of nitrogen functional groups attached to an aromatic ring is 1. The molecule has 1 amide bonds. The second kappa shape index (κ2) is 7.51. The molecule has 3 rings (SSSR count).